The van der Waals surface area contributed by atoms with Gasteiger partial charge in [-0.15, -0.1) is 0 Å². The predicted octanol–water partition coefficient (Wildman–Crippen LogP) is 0.745. The van der Waals surface area contributed by atoms with E-state index in [1.165, 1.54) is 0 Å². The Balaban J connectivity index is 2.34. The Kier molecular flexibility index (Phi) is 3.81. The van der Waals surface area contributed by atoms with Crippen LogP contribution in [0.5, 0.6) is 0 Å². The lowest BCUT2D eigenvalue weighted by Crippen LogP contribution is -2.32. The molecule has 1 N–H and O–H groups in total. The second-order valence-corrected chi connectivity index (χ2v) is 5.94. The lowest BCUT2D eigenvalue weighted by atomic mass is 10.3. The summed E-state index contributed by atoms with van der Waals surface area (Å²) < 4.78 is 11.7. The average molecular weight is 209 g/mol. The monoisotopic (exact) mass is 209 g/mol. The van der Waals surface area contributed by atoms with Crippen molar-refractivity contribution < 1.29 is 4.21 Å². The normalized spacial score (nSPS) is 27.7. The molecule has 1 heterocycles. The highest BCUT2D eigenvalue weighted by Gasteiger charge is 2.17. The van der Waals surface area contributed by atoms with Crippen molar-refractivity contribution >= 4 is 39.1 Å². The summed E-state index contributed by atoms with van der Waals surface area (Å²) in [6.45, 7) is 0.938. The summed E-state index contributed by atoms with van der Waals surface area (Å²) in [7, 11) is -0.686. The molecular formula is C6H11NOS3. The van der Waals surface area contributed by atoms with Crippen LogP contribution in [0.1, 0.15) is 6.42 Å². The predicted molar refractivity (Wildman–Crippen MR) is 55.5 cm³/mol. The second kappa shape index (κ2) is 4.42. The van der Waals surface area contributed by atoms with Crippen LogP contribution in [0.3, 0.4) is 0 Å². The molecule has 0 aliphatic carbocycles. The Morgan fingerprint density at radius 3 is 3.18 bits per heavy atom. The fourth-order valence-electron chi connectivity index (χ4n) is 0.966. The zero-order valence-electron chi connectivity index (χ0n) is 6.33. The third kappa shape index (κ3) is 3.53. The van der Waals surface area contributed by atoms with Crippen LogP contribution in [-0.4, -0.2) is 32.3 Å². The molecule has 2 nitrogen and oxygen atoms in total. The smallest absolute Gasteiger partial charge is 0.134 e. The largest absolute Gasteiger partial charge is 0.371 e. The zero-order chi connectivity index (χ0) is 8.27. The topological polar surface area (TPSA) is 29.1 Å². The number of hydrogen-bond acceptors (Lipinski definition) is 3. The molecule has 64 valence electrons. The van der Waals surface area contributed by atoms with Crippen LogP contribution < -0.4 is 5.32 Å². The number of rotatable bonds is 2. The van der Waals surface area contributed by atoms with Gasteiger partial charge in [0.15, 0.2) is 0 Å². The van der Waals surface area contributed by atoms with E-state index in [4.69, 9.17) is 12.2 Å². The minimum absolute atomic E-state index is 0.467. The van der Waals surface area contributed by atoms with Gasteiger partial charge in [-0.2, -0.15) is 0 Å². The van der Waals surface area contributed by atoms with Gasteiger partial charge in [0.2, 0.25) is 0 Å². The van der Waals surface area contributed by atoms with Crippen molar-refractivity contribution in [3.8, 4) is 0 Å². The van der Waals surface area contributed by atoms with Crippen molar-refractivity contribution in [3.05, 3.63) is 0 Å². The van der Waals surface area contributed by atoms with Gasteiger partial charge in [0.25, 0.3) is 0 Å². The molecule has 0 aromatic rings. The van der Waals surface area contributed by atoms with Crippen molar-refractivity contribution in [1.82, 2.24) is 5.32 Å². The van der Waals surface area contributed by atoms with Crippen LogP contribution in [0.25, 0.3) is 0 Å². The Bertz CT molecular complexity index is 181. The molecule has 0 radical (unpaired) electrons. The van der Waals surface area contributed by atoms with E-state index in [9.17, 15) is 4.21 Å². The minimum atomic E-state index is -0.686. The Morgan fingerprint density at radius 1 is 1.91 bits per heavy atom. The van der Waals surface area contributed by atoms with E-state index in [1.54, 1.807) is 18.0 Å². The first kappa shape index (κ1) is 9.48. The van der Waals surface area contributed by atoms with Gasteiger partial charge in [-0.3, -0.25) is 4.21 Å². The van der Waals surface area contributed by atoms with Crippen LogP contribution >= 0.6 is 24.0 Å². The van der Waals surface area contributed by atoms with Gasteiger partial charge in [0, 0.05) is 34.6 Å². The highest BCUT2D eigenvalue weighted by atomic mass is 32.2. The second-order valence-electron chi connectivity index (χ2n) is 2.48. The molecule has 1 rings (SSSR count). The molecule has 1 fully saturated rings. The van der Waals surface area contributed by atoms with E-state index in [2.05, 4.69) is 5.32 Å². The molecule has 2 atom stereocenters. The first-order valence-corrected chi connectivity index (χ1v) is 6.44. The SMILES string of the molecule is C[S@](=O)C[C@@H]1CCNC(=S)S1. The van der Waals surface area contributed by atoms with E-state index < -0.39 is 10.8 Å². The maximum Gasteiger partial charge on any atom is 0.134 e. The summed E-state index contributed by atoms with van der Waals surface area (Å²) in [5, 5.41) is 3.55. The van der Waals surface area contributed by atoms with Gasteiger partial charge >= 0.3 is 0 Å². The number of thioether (sulfide) groups is 1. The number of thiocarbonyl (C=S) groups is 1. The standard InChI is InChI=1S/C6H11NOS3/c1-11(8)4-5-2-3-7-6(9)10-5/h5H,2-4H2,1H3,(H,7,9)/t5-,11-/m0/s1. The lowest BCUT2D eigenvalue weighted by Gasteiger charge is -2.21. The first-order valence-electron chi connectivity index (χ1n) is 3.43. The fraction of sp³-hybridized carbons (Fsp3) is 0.833. The molecule has 0 aromatic heterocycles. The van der Waals surface area contributed by atoms with Gasteiger partial charge in [0.05, 0.1) is 0 Å². The van der Waals surface area contributed by atoms with E-state index in [-0.39, 0.29) is 0 Å². The molecule has 0 amide bonds. The quantitative estimate of drug-likeness (QED) is 0.679. The molecule has 11 heavy (non-hydrogen) atoms. The van der Waals surface area contributed by atoms with Crippen molar-refractivity contribution in [2.24, 2.45) is 0 Å². The molecule has 0 bridgehead atoms. The van der Waals surface area contributed by atoms with E-state index in [1.807, 2.05) is 0 Å². The Labute approximate surface area is 79.0 Å². The van der Waals surface area contributed by atoms with Gasteiger partial charge in [0.1, 0.15) is 4.32 Å². The number of nitrogens with one attached hydrogen (secondary N) is 1. The van der Waals surface area contributed by atoms with Crippen LogP contribution in [0.2, 0.25) is 0 Å². The van der Waals surface area contributed by atoms with Crippen molar-refractivity contribution in [2.45, 2.75) is 11.7 Å². The van der Waals surface area contributed by atoms with Crippen molar-refractivity contribution in [1.29, 1.82) is 0 Å². The fourth-order valence-corrected chi connectivity index (χ4v) is 3.74. The summed E-state index contributed by atoms with van der Waals surface area (Å²) >= 11 is 6.63. The summed E-state index contributed by atoms with van der Waals surface area (Å²) in [6, 6.07) is 0. The van der Waals surface area contributed by atoms with E-state index >= 15 is 0 Å². The van der Waals surface area contributed by atoms with Crippen LogP contribution in [0.4, 0.5) is 0 Å². The summed E-state index contributed by atoms with van der Waals surface area (Å²) in [6.07, 6.45) is 2.82. The Hall–Kier alpha value is 0.390. The Morgan fingerprint density at radius 2 is 2.64 bits per heavy atom. The van der Waals surface area contributed by atoms with Gasteiger partial charge in [-0.05, 0) is 6.42 Å². The highest BCUT2D eigenvalue weighted by Crippen LogP contribution is 2.19. The summed E-state index contributed by atoms with van der Waals surface area (Å²) in [4.78, 5) is 0. The van der Waals surface area contributed by atoms with Gasteiger partial charge in [-0.1, -0.05) is 24.0 Å². The van der Waals surface area contributed by atoms with Gasteiger partial charge < -0.3 is 5.32 Å². The van der Waals surface area contributed by atoms with E-state index in [0.717, 1.165) is 23.0 Å². The van der Waals surface area contributed by atoms with Crippen molar-refractivity contribution in [3.63, 3.8) is 0 Å². The third-order valence-electron chi connectivity index (χ3n) is 1.43. The molecule has 0 spiro atoms. The third-order valence-corrected chi connectivity index (χ3v) is 4.04. The molecule has 0 saturated carbocycles. The van der Waals surface area contributed by atoms with E-state index in [0.29, 0.717) is 5.25 Å². The molecule has 5 heteroatoms. The van der Waals surface area contributed by atoms with Crippen LogP contribution in [0.15, 0.2) is 0 Å². The maximum absolute atomic E-state index is 10.9. The minimum Gasteiger partial charge on any atom is -0.371 e. The molecular weight excluding hydrogens is 198 g/mol. The summed E-state index contributed by atoms with van der Waals surface area (Å²) in [5.41, 5.74) is 0. The van der Waals surface area contributed by atoms with Gasteiger partial charge in [-0.25, -0.2) is 0 Å². The first-order chi connectivity index (χ1) is 5.18. The molecule has 0 unspecified atom stereocenters. The molecule has 1 aliphatic heterocycles. The molecule has 1 aliphatic rings. The number of hydrogen-bond donors (Lipinski definition) is 1. The average Bonchev–Trinajstić information content (AvgIpc) is 1.85. The van der Waals surface area contributed by atoms with Crippen LogP contribution in [0, 0.1) is 0 Å². The zero-order valence-corrected chi connectivity index (χ0v) is 8.78. The van der Waals surface area contributed by atoms with Crippen LogP contribution in [-0.2, 0) is 10.8 Å². The maximum atomic E-state index is 10.9. The highest BCUT2D eigenvalue weighted by molar-refractivity contribution is 8.23. The van der Waals surface area contributed by atoms with Crippen molar-refractivity contribution in [2.75, 3.05) is 18.6 Å². The molecule has 1 saturated heterocycles. The summed E-state index contributed by atoms with van der Waals surface area (Å²) in [5.74, 6) is 0.770. The molecule has 0 aromatic carbocycles. The lowest BCUT2D eigenvalue weighted by molar-refractivity contribution is 0.681.